The van der Waals surface area contributed by atoms with Gasteiger partial charge in [-0.15, -0.1) is 0 Å². The molecule has 1 aliphatic carbocycles. The lowest BCUT2D eigenvalue weighted by Crippen LogP contribution is -2.38. The van der Waals surface area contributed by atoms with E-state index >= 15 is 0 Å². The first-order chi connectivity index (χ1) is 8.81. The molecule has 1 aromatic rings. The molecule has 0 aromatic heterocycles. The minimum absolute atomic E-state index is 0.225. The van der Waals surface area contributed by atoms with Crippen LogP contribution in [-0.4, -0.2) is 25.1 Å². The Morgan fingerprint density at radius 1 is 1.06 bits per heavy atom. The number of benzene rings is 1. The molecule has 2 fully saturated rings. The van der Waals surface area contributed by atoms with Gasteiger partial charge in [-0.25, -0.2) is 0 Å². The van der Waals surface area contributed by atoms with Gasteiger partial charge in [0.05, 0.1) is 13.2 Å². The van der Waals surface area contributed by atoms with Gasteiger partial charge in [0, 0.05) is 12.8 Å². The Balaban J connectivity index is 1.61. The van der Waals surface area contributed by atoms with E-state index in [1.54, 1.807) is 0 Å². The molecule has 3 rings (SSSR count). The molecule has 96 valence electrons. The van der Waals surface area contributed by atoms with Gasteiger partial charge in [0.25, 0.3) is 0 Å². The van der Waals surface area contributed by atoms with Crippen molar-refractivity contribution in [3.05, 3.63) is 29.8 Å². The summed E-state index contributed by atoms with van der Waals surface area (Å²) in [6.07, 6.45) is 3.69. The number of hydrogen-bond donors (Lipinski definition) is 0. The monoisotopic (exact) mass is 246 g/mol. The van der Waals surface area contributed by atoms with Crippen LogP contribution in [0.25, 0.3) is 0 Å². The Bertz CT molecular complexity index is 410. The number of ketones is 1. The fourth-order valence-corrected chi connectivity index (χ4v) is 2.57. The minimum Gasteiger partial charge on any atom is -0.486 e. The minimum atomic E-state index is 0.225. The summed E-state index contributed by atoms with van der Waals surface area (Å²) in [7, 11) is 0. The number of hydrogen-bond acceptors (Lipinski definition) is 3. The molecule has 0 bridgehead atoms. The van der Waals surface area contributed by atoms with Crippen LogP contribution in [0.2, 0.25) is 0 Å². The first-order valence-electron chi connectivity index (χ1n) is 6.67. The van der Waals surface area contributed by atoms with Crippen LogP contribution < -0.4 is 4.74 Å². The summed E-state index contributed by atoms with van der Waals surface area (Å²) in [5, 5.41) is 0. The molecule has 1 aliphatic heterocycles. The fourth-order valence-electron chi connectivity index (χ4n) is 2.57. The zero-order valence-electron chi connectivity index (χ0n) is 10.4. The highest BCUT2D eigenvalue weighted by Gasteiger charge is 2.21. The SMILES string of the molecule is O=C1CCC(c2ccc(OC3COC3)cc2)CC1. The lowest BCUT2D eigenvalue weighted by molar-refractivity contribution is -0.120. The molecule has 1 heterocycles. The lowest BCUT2D eigenvalue weighted by atomic mass is 9.83. The zero-order chi connectivity index (χ0) is 12.4. The largest absolute Gasteiger partial charge is 0.486 e. The lowest BCUT2D eigenvalue weighted by Gasteiger charge is -2.27. The van der Waals surface area contributed by atoms with E-state index in [-0.39, 0.29) is 6.10 Å². The van der Waals surface area contributed by atoms with E-state index < -0.39 is 0 Å². The smallest absolute Gasteiger partial charge is 0.145 e. The topological polar surface area (TPSA) is 35.5 Å². The van der Waals surface area contributed by atoms with Crippen LogP contribution in [0.4, 0.5) is 0 Å². The van der Waals surface area contributed by atoms with Gasteiger partial charge in [0.2, 0.25) is 0 Å². The van der Waals surface area contributed by atoms with E-state index in [0.29, 0.717) is 24.9 Å². The van der Waals surface area contributed by atoms with Crippen LogP contribution in [0.15, 0.2) is 24.3 Å². The first-order valence-corrected chi connectivity index (χ1v) is 6.67. The molecule has 1 aromatic carbocycles. The van der Waals surface area contributed by atoms with Gasteiger partial charge in [-0.1, -0.05) is 12.1 Å². The van der Waals surface area contributed by atoms with Gasteiger partial charge in [0.1, 0.15) is 17.6 Å². The summed E-state index contributed by atoms with van der Waals surface area (Å²) < 4.78 is 10.8. The van der Waals surface area contributed by atoms with Crippen molar-refractivity contribution in [2.24, 2.45) is 0 Å². The maximum Gasteiger partial charge on any atom is 0.145 e. The van der Waals surface area contributed by atoms with E-state index in [1.807, 2.05) is 12.1 Å². The average Bonchev–Trinajstić information content (AvgIpc) is 2.36. The van der Waals surface area contributed by atoms with Crippen LogP contribution in [0.1, 0.15) is 37.2 Å². The second kappa shape index (κ2) is 5.11. The van der Waals surface area contributed by atoms with Crippen LogP contribution in [0.3, 0.4) is 0 Å². The van der Waals surface area contributed by atoms with Crippen molar-refractivity contribution in [1.82, 2.24) is 0 Å². The van der Waals surface area contributed by atoms with Crippen molar-refractivity contribution in [1.29, 1.82) is 0 Å². The van der Waals surface area contributed by atoms with Crippen LogP contribution in [-0.2, 0) is 9.53 Å². The molecular formula is C15H18O3. The zero-order valence-corrected chi connectivity index (χ0v) is 10.4. The van der Waals surface area contributed by atoms with Gasteiger partial charge in [-0.2, -0.15) is 0 Å². The molecule has 0 amide bonds. The van der Waals surface area contributed by atoms with Gasteiger partial charge < -0.3 is 9.47 Å². The number of Topliss-reactive ketones (excluding diaryl/α,β-unsaturated/α-hetero) is 1. The molecule has 18 heavy (non-hydrogen) atoms. The Morgan fingerprint density at radius 3 is 2.28 bits per heavy atom. The Kier molecular flexibility index (Phi) is 3.33. The normalized spacial score (nSPS) is 21.7. The third kappa shape index (κ3) is 2.56. The third-order valence-corrected chi connectivity index (χ3v) is 3.81. The molecule has 2 aliphatic rings. The molecule has 0 spiro atoms. The van der Waals surface area contributed by atoms with Gasteiger partial charge in [-0.05, 0) is 36.5 Å². The standard InChI is InChI=1S/C15H18O3/c16-13-5-1-11(2-6-13)12-3-7-14(8-4-12)18-15-9-17-10-15/h3-4,7-8,11,15H,1-2,5-6,9-10H2. The summed E-state index contributed by atoms with van der Waals surface area (Å²) in [4.78, 5) is 11.2. The van der Waals surface area contributed by atoms with Crippen molar-refractivity contribution in [2.45, 2.75) is 37.7 Å². The summed E-state index contributed by atoms with van der Waals surface area (Å²) >= 11 is 0. The molecular weight excluding hydrogens is 228 g/mol. The molecule has 0 radical (unpaired) electrons. The molecule has 3 heteroatoms. The van der Waals surface area contributed by atoms with E-state index in [0.717, 1.165) is 31.4 Å². The van der Waals surface area contributed by atoms with Crippen LogP contribution in [0, 0.1) is 0 Å². The highest BCUT2D eigenvalue weighted by molar-refractivity contribution is 5.79. The van der Waals surface area contributed by atoms with Crippen molar-refractivity contribution in [3.8, 4) is 5.75 Å². The van der Waals surface area contributed by atoms with E-state index in [4.69, 9.17) is 9.47 Å². The molecule has 1 saturated carbocycles. The Hall–Kier alpha value is -1.35. The first kappa shape index (κ1) is 11.7. The number of rotatable bonds is 3. The molecule has 0 atom stereocenters. The maximum atomic E-state index is 11.2. The van der Waals surface area contributed by atoms with Crippen LogP contribution >= 0.6 is 0 Å². The van der Waals surface area contributed by atoms with Gasteiger partial charge in [0.15, 0.2) is 0 Å². The Labute approximate surface area is 107 Å². The molecule has 0 N–H and O–H groups in total. The van der Waals surface area contributed by atoms with E-state index in [1.165, 1.54) is 5.56 Å². The summed E-state index contributed by atoms with van der Waals surface area (Å²) in [6.45, 7) is 1.40. The van der Waals surface area contributed by atoms with E-state index in [2.05, 4.69) is 12.1 Å². The van der Waals surface area contributed by atoms with Gasteiger partial charge in [-0.3, -0.25) is 4.79 Å². The molecule has 3 nitrogen and oxygen atoms in total. The van der Waals surface area contributed by atoms with Crippen molar-refractivity contribution < 1.29 is 14.3 Å². The van der Waals surface area contributed by atoms with Crippen molar-refractivity contribution in [3.63, 3.8) is 0 Å². The summed E-state index contributed by atoms with van der Waals surface area (Å²) in [5.74, 6) is 1.87. The van der Waals surface area contributed by atoms with Crippen LogP contribution in [0.5, 0.6) is 5.75 Å². The second-order valence-electron chi connectivity index (χ2n) is 5.16. The number of carbonyl (C=O) groups is 1. The van der Waals surface area contributed by atoms with E-state index in [9.17, 15) is 4.79 Å². The third-order valence-electron chi connectivity index (χ3n) is 3.81. The van der Waals surface area contributed by atoms with Crippen molar-refractivity contribution >= 4 is 5.78 Å². The average molecular weight is 246 g/mol. The fraction of sp³-hybridized carbons (Fsp3) is 0.533. The predicted octanol–water partition coefficient (Wildman–Crippen LogP) is 2.69. The number of ether oxygens (including phenoxy) is 2. The summed E-state index contributed by atoms with van der Waals surface area (Å²) in [6, 6.07) is 8.33. The maximum absolute atomic E-state index is 11.2. The highest BCUT2D eigenvalue weighted by Crippen LogP contribution is 2.32. The number of carbonyl (C=O) groups excluding carboxylic acids is 1. The van der Waals surface area contributed by atoms with Gasteiger partial charge >= 0.3 is 0 Å². The highest BCUT2D eigenvalue weighted by atomic mass is 16.6. The van der Waals surface area contributed by atoms with Crippen molar-refractivity contribution in [2.75, 3.05) is 13.2 Å². The Morgan fingerprint density at radius 2 is 1.72 bits per heavy atom. The molecule has 1 saturated heterocycles. The molecule has 0 unspecified atom stereocenters. The second-order valence-corrected chi connectivity index (χ2v) is 5.16. The quantitative estimate of drug-likeness (QED) is 0.822. The predicted molar refractivity (Wildman–Crippen MR) is 67.9 cm³/mol. The summed E-state index contributed by atoms with van der Waals surface area (Å²) in [5.41, 5.74) is 1.33.